The maximum absolute atomic E-state index is 9.46. The number of aromatic hydroxyl groups is 1. The average molecular weight is 298 g/mol. The Kier molecular flexibility index (Phi) is 3.79. The molecule has 1 aliphatic rings. The van der Waals surface area contributed by atoms with Gasteiger partial charge in [-0.2, -0.15) is 0 Å². The second-order valence-corrected chi connectivity index (χ2v) is 6.58. The molecule has 0 aliphatic carbocycles. The zero-order valence-corrected chi connectivity index (χ0v) is 12.1. The van der Waals surface area contributed by atoms with Crippen molar-refractivity contribution in [1.29, 1.82) is 0 Å². The standard InChI is InChI=1S/C14H20BrNO/c1-14(2)5-7-16(8-6-14)10-11-3-4-13(17)12(15)9-11/h3-4,9,17H,5-8,10H2,1-2H3. The van der Waals surface area contributed by atoms with E-state index < -0.39 is 0 Å². The summed E-state index contributed by atoms with van der Waals surface area (Å²) in [6, 6.07) is 5.77. The van der Waals surface area contributed by atoms with E-state index in [2.05, 4.69) is 34.7 Å². The molecule has 2 rings (SSSR count). The summed E-state index contributed by atoms with van der Waals surface area (Å²) in [7, 11) is 0. The third-order valence-corrected chi connectivity index (χ3v) is 4.26. The van der Waals surface area contributed by atoms with E-state index in [-0.39, 0.29) is 0 Å². The Hall–Kier alpha value is -0.540. The van der Waals surface area contributed by atoms with Gasteiger partial charge in [-0.25, -0.2) is 0 Å². The minimum absolute atomic E-state index is 0.313. The van der Waals surface area contributed by atoms with E-state index in [1.54, 1.807) is 6.07 Å². The van der Waals surface area contributed by atoms with Gasteiger partial charge in [-0.05, 0) is 65.0 Å². The number of hydrogen-bond donors (Lipinski definition) is 1. The van der Waals surface area contributed by atoms with Gasteiger partial charge in [-0.15, -0.1) is 0 Å². The lowest BCUT2D eigenvalue weighted by Gasteiger charge is -2.36. The molecule has 1 saturated heterocycles. The van der Waals surface area contributed by atoms with Gasteiger partial charge in [0.15, 0.2) is 0 Å². The second-order valence-electron chi connectivity index (χ2n) is 5.73. The number of halogens is 1. The van der Waals surface area contributed by atoms with Crippen molar-refractivity contribution in [3.8, 4) is 5.75 Å². The van der Waals surface area contributed by atoms with Crippen LogP contribution in [0.1, 0.15) is 32.3 Å². The molecular weight excluding hydrogens is 278 g/mol. The fourth-order valence-corrected chi connectivity index (χ4v) is 2.65. The molecule has 0 bridgehead atoms. The number of rotatable bonds is 2. The predicted octanol–water partition coefficient (Wildman–Crippen LogP) is 3.78. The molecule has 0 amide bonds. The number of nitrogens with zero attached hydrogens (tertiary/aromatic N) is 1. The van der Waals surface area contributed by atoms with Crippen molar-refractivity contribution in [2.75, 3.05) is 13.1 Å². The quantitative estimate of drug-likeness (QED) is 0.898. The molecule has 2 nitrogen and oxygen atoms in total. The van der Waals surface area contributed by atoms with E-state index in [0.29, 0.717) is 11.2 Å². The van der Waals surface area contributed by atoms with E-state index in [1.807, 2.05) is 12.1 Å². The highest BCUT2D eigenvalue weighted by Gasteiger charge is 2.25. The van der Waals surface area contributed by atoms with Crippen LogP contribution in [0.4, 0.5) is 0 Å². The first-order valence-electron chi connectivity index (χ1n) is 6.16. The molecule has 0 spiro atoms. The van der Waals surface area contributed by atoms with E-state index in [4.69, 9.17) is 0 Å². The lowest BCUT2D eigenvalue weighted by atomic mass is 9.82. The number of phenolic OH excluding ortho intramolecular Hbond substituents is 1. The van der Waals surface area contributed by atoms with Crippen LogP contribution in [0.2, 0.25) is 0 Å². The summed E-state index contributed by atoms with van der Waals surface area (Å²) < 4.78 is 0.785. The fraction of sp³-hybridized carbons (Fsp3) is 0.571. The predicted molar refractivity (Wildman–Crippen MR) is 74.1 cm³/mol. The van der Waals surface area contributed by atoms with Gasteiger partial charge in [-0.3, -0.25) is 4.90 Å². The Labute approximate surface area is 112 Å². The second kappa shape index (κ2) is 4.99. The fourth-order valence-electron chi connectivity index (χ4n) is 2.22. The molecule has 0 unspecified atom stereocenters. The molecular formula is C14H20BrNO. The van der Waals surface area contributed by atoms with Crippen molar-refractivity contribution in [3.05, 3.63) is 28.2 Å². The molecule has 1 fully saturated rings. The molecule has 1 N–H and O–H groups in total. The summed E-state index contributed by atoms with van der Waals surface area (Å²) in [5, 5.41) is 9.46. The molecule has 1 aromatic carbocycles. The van der Waals surface area contributed by atoms with E-state index in [9.17, 15) is 5.11 Å². The molecule has 1 heterocycles. The van der Waals surface area contributed by atoms with Crippen LogP contribution < -0.4 is 0 Å². The van der Waals surface area contributed by atoms with Crippen molar-refractivity contribution in [3.63, 3.8) is 0 Å². The lowest BCUT2D eigenvalue weighted by molar-refractivity contribution is 0.127. The minimum Gasteiger partial charge on any atom is -0.507 e. The summed E-state index contributed by atoms with van der Waals surface area (Å²) in [6.45, 7) is 8.02. The molecule has 0 atom stereocenters. The number of benzene rings is 1. The number of hydrogen-bond acceptors (Lipinski definition) is 2. The topological polar surface area (TPSA) is 23.5 Å². The summed E-state index contributed by atoms with van der Waals surface area (Å²) in [6.07, 6.45) is 2.54. The van der Waals surface area contributed by atoms with Crippen molar-refractivity contribution in [2.24, 2.45) is 5.41 Å². The average Bonchev–Trinajstić information content (AvgIpc) is 2.27. The van der Waals surface area contributed by atoms with E-state index in [1.165, 1.54) is 31.5 Å². The normalized spacial score (nSPS) is 20.4. The maximum Gasteiger partial charge on any atom is 0.129 e. The SMILES string of the molecule is CC1(C)CCN(Cc2ccc(O)c(Br)c2)CC1. The van der Waals surface area contributed by atoms with E-state index >= 15 is 0 Å². The highest BCUT2D eigenvalue weighted by atomic mass is 79.9. The van der Waals surface area contributed by atoms with Crippen molar-refractivity contribution < 1.29 is 5.11 Å². The largest absolute Gasteiger partial charge is 0.507 e. The van der Waals surface area contributed by atoms with Crippen LogP contribution in [-0.2, 0) is 6.54 Å². The minimum atomic E-state index is 0.313. The van der Waals surface area contributed by atoms with E-state index in [0.717, 1.165) is 11.0 Å². The van der Waals surface area contributed by atoms with Gasteiger partial charge >= 0.3 is 0 Å². The van der Waals surface area contributed by atoms with Crippen LogP contribution >= 0.6 is 15.9 Å². The van der Waals surface area contributed by atoms with Gasteiger partial charge in [0.2, 0.25) is 0 Å². The molecule has 1 aromatic rings. The van der Waals surface area contributed by atoms with Crippen molar-refractivity contribution in [2.45, 2.75) is 33.2 Å². The Balaban J connectivity index is 1.95. The molecule has 3 heteroatoms. The maximum atomic E-state index is 9.46. The monoisotopic (exact) mass is 297 g/mol. The molecule has 17 heavy (non-hydrogen) atoms. The molecule has 1 aliphatic heterocycles. The van der Waals surface area contributed by atoms with Crippen molar-refractivity contribution >= 4 is 15.9 Å². The van der Waals surface area contributed by atoms with Gasteiger partial charge in [0.25, 0.3) is 0 Å². The summed E-state index contributed by atoms with van der Waals surface area (Å²) in [4.78, 5) is 2.49. The smallest absolute Gasteiger partial charge is 0.129 e. The lowest BCUT2D eigenvalue weighted by Crippen LogP contribution is -2.36. The third-order valence-electron chi connectivity index (χ3n) is 3.63. The van der Waals surface area contributed by atoms with Gasteiger partial charge in [0, 0.05) is 6.54 Å². The van der Waals surface area contributed by atoms with Crippen LogP contribution in [0.5, 0.6) is 5.75 Å². The van der Waals surface area contributed by atoms with Crippen LogP contribution in [0, 0.1) is 5.41 Å². The van der Waals surface area contributed by atoms with Gasteiger partial charge in [0.05, 0.1) is 4.47 Å². The van der Waals surface area contributed by atoms with Crippen LogP contribution in [0.3, 0.4) is 0 Å². The first-order valence-corrected chi connectivity index (χ1v) is 6.95. The Bertz CT molecular complexity index is 393. The highest BCUT2D eigenvalue weighted by molar-refractivity contribution is 9.10. The van der Waals surface area contributed by atoms with Gasteiger partial charge in [-0.1, -0.05) is 19.9 Å². The first kappa shape index (κ1) is 12.9. The third kappa shape index (κ3) is 3.46. The zero-order chi connectivity index (χ0) is 12.5. The number of phenols is 1. The van der Waals surface area contributed by atoms with Crippen LogP contribution in [-0.4, -0.2) is 23.1 Å². The first-order chi connectivity index (χ1) is 7.96. The Morgan fingerprint density at radius 2 is 1.94 bits per heavy atom. The van der Waals surface area contributed by atoms with Gasteiger partial charge in [0.1, 0.15) is 5.75 Å². The molecule has 0 saturated carbocycles. The van der Waals surface area contributed by atoms with Gasteiger partial charge < -0.3 is 5.11 Å². The Morgan fingerprint density at radius 1 is 1.29 bits per heavy atom. The summed E-state index contributed by atoms with van der Waals surface area (Å²) in [5.41, 5.74) is 1.76. The number of likely N-dealkylation sites (tertiary alicyclic amines) is 1. The summed E-state index contributed by atoms with van der Waals surface area (Å²) in [5.74, 6) is 0.313. The molecule has 94 valence electrons. The highest BCUT2D eigenvalue weighted by Crippen LogP contribution is 2.31. The summed E-state index contributed by atoms with van der Waals surface area (Å²) >= 11 is 3.36. The zero-order valence-electron chi connectivity index (χ0n) is 10.5. The molecule has 0 radical (unpaired) electrons. The molecule has 0 aromatic heterocycles. The Morgan fingerprint density at radius 3 is 2.53 bits per heavy atom. The number of piperidine rings is 1. The van der Waals surface area contributed by atoms with Crippen LogP contribution in [0.15, 0.2) is 22.7 Å². The van der Waals surface area contributed by atoms with Crippen molar-refractivity contribution in [1.82, 2.24) is 4.90 Å². The van der Waals surface area contributed by atoms with Crippen LogP contribution in [0.25, 0.3) is 0 Å².